The van der Waals surface area contributed by atoms with Crippen LogP contribution in [0.5, 0.6) is 5.75 Å². The van der Waals surface area contributed by atoms with Crippen molar-refractivity contribution < 1.29 is 18.5 Å². The minimum absolute atomic E-state index is 0.129. The lowest BCUT2D eigenvalue weighted by atomic mass is 10.2. The summed E-state index contributed by atoms with van der Waals surface area (Å²) in [4.78, 5) is 15.3. The van der Waals surface area contributed by atoms with Crippen molar-refractivity contribution in [2.45, 2.75) is 11.0 Å². The number of hydrogen-bond donors (Lipinski definition) is 2. The third-order valence-electron chi connectivity index (χ3n) is 4.65. The Morgan fingerprint density at radius 1 is 1.31 bits per heavy atom. The third kappa shape index (κ3) is 4.30. The number of rotatable bonds is 6. The van der Waals surface area contributed by atoms with Gasteiger partial charge >= 0.3 is 0 Å². The maximum atomic E-state index is 13.4. The van der Waals surface area contributed by atoms with Crippen LogP contribution in [0.1, 0.15) is 10.5 Å². The number of amides is 1. The molecule has 152 valence electrons. The normalized spacial score (nSPS) is 18.6. The number of aromatic nitrogens is 1. The second kappa shape index (κ2) is 8.54. The molecule has 3 N–H and O–H groups in total. The lowest BCUT2D eigenvalue weighted by molar-refractivity contribution is -0.0237. The Hall–Kier alpha value is -2.39. The Labute approximate surface area is 175 Å². The first kappa shape index (κ1) is 19.9. The smallest absolute Gasteiger partial charge is 0.266 e. The van der Waals surface area contributed by atoms with Gasteiger partial charge in [-0.25, -0.2) is 8.51 Å². The van der Waals surface area contributed by atoms with E-state index in [4.69, 9.17) is 26.8 Å². The molecule has 2 heterocycles. The number of para-hydroxylation sites is 1. The van der Waals surface area contributed by atoms with Gasteiger partial charge in [0.2, 0.25) is 0 Å². The number of fused-ring (bicyclic) bond motifs is 1. The van der Waals surface area contributed by atoms with Gasteiger partial charge in [0, 0.05) is 29.0 Å². The van der Waals surface area contributed by atoms with Crippen molar-refractivity contribution >= 4 is 39.4 Å². The molecule has 0 aliphatic carbocycles. The predicted molar refractivity (Wildman–Crippen MR) is 111 cm³/mol. The number of carbonyl (C=O) groups is 1. The van der Waals surface area contributed by atoms with Crippen LogP contribution in [0.3, 0.4) is 0 Å². The standard InChI is InChI=1S/C20H20ClN3O4S/c21-13-6-7-17-16(10-13)19(18(23-17)20(22)25)29(26)24-8-9-27-15(11-24)12-28-14-4-2-1-3-5-14/h1-7,10,15,23H,8-9,11-12H2,(H2,22,25)/t15-,29?/m0/s1. The van der Waals surface area contributed by atoms with Crippen LogP contribution < -0.4 is 10.5 Å². The van der Waals surface area contributed by atoms with Crippen LogP contribution in [0.15, 0.2) is 53.4 Å². The minimum Gasteiger partial charge on any atom is -0.491 e. The van der Waals surface area contributed by atoms with E-state index in [0.29, 0.717) is 47.1 Å². The fourth-order valence-electron chi connectivity index (χ4n) is 3.27. The predicted octanol–water partition coefficient (Wildman–Crippen LogP) is 2.72. The number of carbonyl (C=O) groups excluding carboxylic acids is 1. The van der Waals surface area contributed by atoms with Gasteiger partial charge in [0.15, 0.2) is 0 Å². The summed E-state index contributed by atoms with van der Waals surface area (Å²) in [5.74, 6) is 0.0783. The van der Waals surface area contributed by atoms with Gasteiger partial charge in [-0.05, 0) is 30.3 Å². The Morgan fingerprint density at radius 3 is 2.86 bits per heavy atom. The molecule has 7 nitrogen and oxygen atoms in total. The van der Waals surface area contributed by atoms with Crippen LogP contribution in [0.2, 0.25) is 5.02 Å². The number of benzene rings is 2. The van der Waals surface area contributed by atoms with E-state index in [9.17, 15) is 9.00 Å². The molecular weight excluding hydrogens is 414 g/mol. The zero-order chi connectivity index (χ0) is 20.4. The summed E-state index contributed by atoms with van der Waals surface area (Å²) in [7, 11) is -1.62. The molecule has 1 amide bonds. The molecule has 3 aromatic rings. The molecule has 0 saturated carbocycles. The van der Waals surface area contributed by atoms with Crippen LogP contribution in [-0.2, 0) is 15.7 Å². The van der Waals surface area contributed by atoms with E-state index in [1.165, 1.54) is 0 Å². The van der Waals surface area contributed by atoms with Crippen molar-refractivity contribution in [3.63, 3.8) is 0 Å². The van der Waals surface area contributed by atoms with E-state index >= 15 is 0 Å². The number of ether oxygens (including phenoxy) is 2. The number of nitrogens with one attached hydrogen (secondary N) is 1. The molecular formula is C20H20ClN3O4S. The molecule has 9 heteroatoms. The summed E-state index contributed by atoms with van der Waals surface area (Å²) in [5.41, 5.74) is 6.31. The quantitative estimate of drug-likeness (QED) is 0.624. The Balaban J connectivity index is 1.55. The van der Waals surface area contributed by atoms with Crippen LogP contribution >= 0.6 is 11.6 Å². The molecule has 0 spiro atoms. The molecule has 29 heavy (non-hydrogen) atoms. The van der Waals surface area contributed by atoms with Crippen molar-refractivity contribution in [2.75, 3.05) is 26.3 Å². The number of primary amides is 1. The van der Waals surface area contributed by atoms with Gasteiger partial charge in [-0.3, -0.25) is 4.79 Å². The second-order valence-corrected chi connectivity index (χ2v) is 8.50. The van der Waals surface area contributed by atoms with Crippen molar-refractivity contribution in [2.24, 2.45) is 5.73 Å². The highest BCUT2D eigenvalue weighted by molar-refractivity contribution is 7.83. The van der Waals surface area contributed by atoms with Crippen molar-refractivity contribution in [3.05, 3.63) is 59.2 Å². The number of nitrogens with two attached hydrogens (primary N) is 1. The molecule has 0 bridgehead atoms. The van der Waals surface area contributed by atoms with Crippen LogP contribution in [0, 0.1) is 0 Å². The highest BCUT2D eigenvalue weighted by atomic mass is 35.5. The minimum atomic E-state index is -1.62. The third-order valence-corrected chi connectivity index (χ3v) is 6.46. The summed E-state index contributed by atoms with van der Waals surface area (Å²) in [6.45, 7) is 1.59. The van der Waals surface area contributed by atoms with Crippen LogP contribution in [-0.4, -0.2) is 51.8 Å². The molecule has 1 unspecified atom stereocenters. The summed E-state index contributed by atoms with van der Waals surface area (Å²) >= 11 is 6.11. The zero-order valence-electron chi connectivity index (χ0n) is 15.5. The Morgan fingerprint density at radius 2 is 2.10 bits per heavy atom. The second-order valence-electron chi connectivity index (χ2n) is 6.64. The van der Waals surface area contributed by atoms with Gasteiger partial charge in [-0.2, -0.15) is 0 Å². The monoisotopic (exact) mass is 433 g/mol. The largest absolute Gasteiger partial charge is 0.491 e. The highest BCUT2D eigenvalue weighted by Crippen LogP contribution is 2.30. The topological polar surface area (TPSA) is 97.7 Å². The molecule has 2 aromatic carbocycles. The van der Waals surface area contributed by atoms with Crippen molar-refractivity contribution in [3.8, 4) is 5.75 Å². The molecule has 1 saturated heterocycles. The molecule has 1 fully saturated rings. The van der Waals surface area contributed by atoms with E-state index in [0.717, 1.165) is 5.75 Å². The Bertz CT molecular complexity index is 1060. The molecule has 0 radical (unpaired) electrons. The lowest BCUT2D eigenvalue weighted by Gasteiger charge is -2.31. The van der Waals surface area contributed by atoms with Gasteiger partial charge in [-0.15, -0.1) is 0 Å². The number of hydrogen-bond acceptors (Lipinski definition) is 4. The first-order chi connectivity index (χ1) is 14.0. The SMILES string of the molecule is NC(=O)c1[nH]c2ccc(Cl)cc2c1S(=O)N1CCO[C@H](COc2ccccc2)C1. The molecule has 1 aliphatic rings. The number of aromatic amines is 1. The highest BCUT2D eigenvalue weighted by Gasteiger charge is 2.30. The van der Waals surface area contributed by atoms with Gasteiger partial charge in [0.1, 0.15) is 35.1 Å². The number of morpholine rings is 1. The first-order valence-electron chi connectivity index (χ1n) is 9.10. The number of H-pyrrole nitrogens is 1. The van der Waals surface area contributed by atoms with Gasteiger partial charge in [-0.1, -0.05) is 29.8 Å². The maximum absolute atomic E-state index is 13.4. The van der Waals surface area contributed by atoms with Gasteiger partial charge in [0.25, 0.3) is 5.91 Å². The average molecular weight is 434 g/mol. The number of nitrogens with zero attached hydrogens (tertiary/aromatic N) is 1. The summed E-state index contributed by atoms with van der Waals surface area (Å²) in [6, 6.07) is 14.6. The number of halogens is 1. The average Bonchev–Trinajstić information content (AvgIpc) is 3.11. The van der Waals surface area contributed by atoms with Gasteiger partial charge < -0.3 is 20.2 Å². The van der Waals surface area contributed by atoms with Crippen LogP contribution in [0.25, 0.3) is 10.9 Å². The fraction of sp³-hybridized carbons (Fsp3) is 0.250. The molecule has 4 rings (SSSR count). The lowest BCUT2D eigenvalue weighted by Crippen LogP contribution is -2.45. The van der Waals surface area contributed by atoms with E-state index in [2.05, 4.69) is 4.98 Å². The molecule has 2 atom stereocenters. The van der Waals surface area contributed by atoms with E-state index in [-0.39, 0.29) is 11.8 Å². The summed E-state index contributed by atoms with van der Waals surface area (Å²) in [5, 5.41) is 1.11. The fourth-order valence-corrected chi connectivity index (χ4v) is 4.93. The zero-order valence-corrected chi connectivity index (χ0v) is 17.0. The molecule has 1 aromatic heterocycles. The molecule has 1 aliphatic heterocycles. The van der Waals surface area contributed by atoms with Crippen molar-refractivity contribution in [1.29, 1.82) is 0 Å². The van der Waals surface area contributed by atoms with E-state index in [1.807, 2.05) is 30.3 Å². The van der Waals surface area contributed by atoms with Crippen molar-refractivity contribution in [1.82, 2.24) is 9.29 Å². The van der Waals surface area contributed by atoms with E-state index in [1.54, 1.807) is 22.5 Å². The maximum Gasteiger partial charge on any atom is 0.266 e. The van der Waals surface area contributed by atoms with Gasteiger partial charge in [0.05, 0.1) is 11.5 Å². The summed E-state index contributed by atoms with van der Waals surface area (Å²) < 4.78 is 26.7. The first-order valence-corrected chi connectivity index (χ1v) is 10.6. The van der Waals surface area contributed by atoms with E-state index < -0.39 is 16.9 Å². The Kier molecular flexibility index (Phi) is 5.86. The summed E-state index contributed by atoms with van der Waals surface area (Å²) in [6.07, 6.45) is -0.251. The van der Waals surface area contributed by atoms with Crippen LogP contribution in [0.4, 0.5) is 0 Å².